The van der Waals surface area contributed by atoms with Crippen molar-refractivity contribution < 1.29 is 0 Å². The van der Waals surface area contributed by atoms with Crippen molar-refractivity contribution in [2.24, 2.45) is 0 Å². The van der Waals surface area contributed by atoms with Gasteiger partial charge in [0.2, 0.25) is 0 Å². The van der Waals surface area contributed by atoms with Crippen LogP contribution in [-0.4, -0.2) is 23.9 Å². The molecule has 52 heavy (non-hydrogen) atoms. The third-order valence-corrected chi connectivity index (χ3v) is 10.3. The van der Waals surface area contributed by atoms with E-state index in [9.17, 15) is 0 Å². The molecule has 11 aromatic rings. The van der Waals surface area contributed by atoms with Gasteiger partial charge in [-0.15, -0.1) is 0 Å². The Hall–Kier alpha value is -7.11. The molecule has 7 aromatic carbocycles. The maximum absolute atomic E-state index is 4.98. The zero-order valence-corrected chi connectivity index (χ0v) is 28.0. The highest BCUT2D eigenvalue weighted by atomic mass is 15.0. The molecular weight excluding hydrogens is 635 g/mol. The van der Waals surface area contributed by atoms with Crippen molar-refractivity contribution in [2.45, 2.75) is 0 Å². The monoisotopic (exact) mass is 663 g/mol. The molecule has 4 aromatic heterocycles. The highest BCUT2D eigenvalue weighted by molar-refractivity contribution is 6.27. The Morgan fingerprint density at radius 3 is 1.52 bits per heavy atom. The normalized spacial score (nSPS) is 11.8. The average molecular weight is 664 g/mol. The molecule has 5 heteroatoms. The van der Waals surface area contributed by atoms with Crippen LogP contribution in [-0.2, 0) is 0 Å². The topological polar surface area (TPSA) is 48.0 Å². The van der Waals surface area contributed by atoms with Crippen LogP contribution in [0.2, 0.25) is 0 Å². The molecule has 5 nitrogen and oxygen atoms in total. The summed E-state index contributed by atoms with van der Waals surface area (Å²) in [6.45, 7) is 0. The van der Waals surface area contributed by atoms with Crippen LogP contribution in [0.15, 0.2) is 176 Å². The second kappa shape index (κ2) is 11.2. The Morgan fingerprint density at radius 1 is 0.346 bits per heavy atom. The summed E-state index contributed by atoms with van der Waals surface area (Å²) in [5.74, 6) is 1.94. The number of para-hydroxylation sites is 2. The molecule has 0 N–H and O–H groups in total. The summed E-state index contributed by atoms with van der Waals surface area (Å²) in [4.78, 5) is 14.9. The molecule has 11 rings (SSSR count). The Balaban J connectivity index is 1.17. The SMILES string of the molecule is c1ccc(-c2nc(-c3ccccc3)nc(-c3ccc(-n4c5ccccc5c5ccc6c(c7ccccc7c7cc8ccccc8n76)c54)cc3)n2)cc1. The summed E-state index contributed by atoms with van der Waals surface area (Å²) >= 11 is 0. The minimum Gasteiger partial charge on any atom is -0.309 e. The number of hydrogen-bond donors (Lipinski definition) is 0. The van der Waals surface area contributed by atoms with Crippen LogP contribution in [0.25, 0.3) is 99.8 Å². The van der Waals surface area contributed by atoms with E-state index < -0.39 is 0 Å². The van der Waals surface area contributed by atoms with Crippen LogP contribution in [0.4, 0.5) is 0 Å². The van der Waals surface area contributed by atoms with Gasteiger partial charge in [0.1, 0.15) is 0 Å². The van der Waals surface area contributed by atoms with Gasteiger partial charge in [0.25, 0.3) is 0 Å². The number of hydrogen-bond acceptors (Lipinski definition) is 3. The molecule has 0 aliphatic heterocycles. The van der Waals surface area contributed by atoms with E-state index in [4.69, 9.17) is 15.0 Å². The largest absolute Gasteiger partial charge is 0.309 e. The van der Waals surface area contributed by atoms with Crippen molar-refractivity contribution in [2.75, 3.05) is 0 Å². The van der Waals surface area contributed by atoms with Gasteiger partial charge in [0.15, 0.2) is 17.5 Å². The summed E-state index contributed by atoms with van der Waals surface area (Å²) in [7, 11) is 0. The number of rotatable bonds is 4. The maximum atomic E-state index is 4.98. The summed E-state index contributed by atoms with van der Waals surface area (Å²) < 4.78 is 4.87. The minimum absolute atomic E-state index is 0.639. The fourth-order valence-electron chi connectivity index (χ4n) is 8.00. The lowest BCUT2D eigenvalue weighted by molar-refractivity contribution is 1.07. The first-order chi connectivity index (χ1) is 25.8. The first-order valence-electron chi connectivity index (χ1n) is 17.5. The van der Waals surface area contributed by atoms with Gasteiger partial charge < -0.3 is 8.97 Å². The van der Waals surface area contributed by atoms with Gasteiger partial charge in [0.05, 0.1) is 27.6 Å². The third-order valence-electron chi connectivity index (χ3n) is 10.3. The van der Waals surface area contributed by atoms with Crippen LogP contribution < -0.4 is 0 Å². The molecule has 0 atom stereocenters. The van der Waals surface area contributed by atoms with E-state index in [2.05, 4.69) is 124 Å². The molecule has 0 unspecified atom stereocenters. The van der Waals surface area contributed by atoms with Crippen LogP contribution in [0.3, 0.4) is 0 Å². The molecule has 0 saturated heterocycles. The highest BCUT2D eigenvalue weighted by Crippen LogP contribution is 2.42. The van der Waals surface area contributed by atoms with Crippen LogP contribution in [0.1, 0.15) is 0 Å². The standard InChI is InChI=1S/C47H29N5/c1-3-13-30(14-4-1)45-48-46(31-15-5-2-6-16-31)50-47(49-45)32-23-25-34(26-24-32)51-40-22-12-10-19-36(40)38-27-28-41-43(44(38)51)37-20-9-8-18-35(37)42-29-33-17-7-11-21-39(33)52(41)42/h1-29H. The molecule has 0 fully saturated rings. The predicted octanol–water partition coefficient (Wildman–Crippen LogP) is 11.7. The smallest absolute Gasteiger partial charge is 0.164 e. The molecular formula is C47H29N5. The highest BCUT2D eigenvalue weighted by Gasteiger charge is 2.20. The van der Waals surface area contributed by atoms with E-state index >= 15 is 0 Å². The van der Waals surface area contributed by atoms with Crippen molar-refractivity contribution >= 4 is 59.9 Å². The number of aromatic nitrogens is 5. The van der Waals surface area contributed by atoms with Gasteiger partial charge in [0, 0.05) is 49.3 Å². The van der Waals surface area contributed by atoms with E-state index in [0.717, 1.165) is 27.9 Å². The van der Waals surface area contributed by atoms with Crippen molar-refractivity contribution in [3.8, 4) is 39.9 Å². The zero-order chi connectivity index (χ0) is 34.2. The number of fused-ring (bicyclic) bond motifs is 12. The van der Waals surface area contributed by atoms with Crippen LogP contribution in [0, 0.1) is 0 Å². The molecule has 0 radical (unpaired) electrons. The van der Waals surface area contributed by atoms with E-state index in [1.54, 1.807) is 0 Å². The predicted molar refractivity (Wildman–Crippen MR) is 214 cm³/mol. The van der Waals surface area contributed by atoms with Gasteiger partial charge in [-0.05, 0) is 53.9 Å². The van der Waals surface area contributed by atoms with Crippen molar-refractivity contribution in [3.63, 3.8) is 0 Å². The molecule has 242 valence electrons. The average Bonchev–Trinajstić information content (AvgIpc) is 3.78. The Kier molecular flexibility index (Phi) is 6.18. The van der Waals surface area contributed by atoms with Crippen molar-refractivity contribution in [1.82, 2.24) is 23.9 Å². The molecule has 0 spiro atoms. The second-order valence-electron chi connectivity index (χ2n) is 13.3. The fourth-order valence-corrected chi connectivity index (χ4v) is 8.00. The van der Waals surface area contributed by atoms with E-state index in [-0.39, 0.29) is 0 Å². The quantitative estimate of drug-likeness (QED) is 0.176. The van der Waals surface area contributed by atoms with Crippen molar-refractivity contribution in [1.29, 1.82) is 0 Å². The van der Waals surface area contributed by atoms with E-state index in [0.29, 0.717) is 17.5 Å². The number of pyridine rings is 1. The maximum Gasteiger partial charge on any atom is 0.164 e. The molecule has 4 heterocycles. The lowest BCUT2D eigenvalue weighted by Gasteiger charge is -2.15. The summed E-state index contributed by atoms with van der Waals surface area (Å²) in [5.41, 5.74) is 9.89. The summed E-state index contributed by atoms with van der Waals surface area (Å²) in [5, 5.41) is 7.41. The van der Waals surface area contributed by atoms with Gasteiger partial charge in [-0.25, -0.2) is 15.0 Å². The van der Waals surface area contributed by atoms with E-state index in [1.165, 1.54) is 54.4 Å². The lowest BCUT2D eigenvalue weighted by Crippen LogP contribution is -2.00. The Morgan fingerprint density at radius 2 is 0.865 bits per heavy atom. The number of nitrogens with zero attached hydrogens (tertiary/aromatic N) is 5. The van der Waals surface area contributed by atoms with Gasteiger partial charge in [-0.1, -0.05) is 127 Å². The zero-order valence-electron chi connectivity index (χ0n) is 28.0. The van der Waals surface area contributed by atoms with E-state index in [1.807, 2.05) is 60.7 Å². The molecule has 0 bridgehead atoms. The fraction of sp³-hybridized carbons (Fsp3) is 0. The molecule has 0 saturated carbocycles. The molecule has 0 amide bonds. The number of benzene rings is 7. The third kappa shape index (κ3) is 4.26. The first kappa shape index (κ1) is 28.7. The lowest BCUT2D eigenvalue weighted by atomic mass is 10.0. The van der Waals surface area contributed by atoms with Crippen molar-refractivity contribution in [3.05, 3.63) is 176 Å². The first-order valence-corrected chi connectivity index (χ1v) is 17.5. The van der Waals surface area contributed by atoms with Gasteiger partial charge in [-0.2, -0.15) is 0 Å². The van der Waals surface area contributed by atoms with Gasteiger partial charge >= 0.3 is 0 Å². The summed E-state index contributed by atoms with van der Waals surface area (Å²) in [6.07, 6.45) is 0. The molecule has 0 aliphatic carbocycles. The van der Waals surface area contributed by atoms with Crippen LogP contribution >= 0.6 is 0 Å². The Bertz CT molecular complexity index is 3100. The minimum atomic E-state index is 0.639. The van der Waals surface area contributed by atoms with Gasteiger partial charge in [-0.3, -0.25) is 0 Å². The van der Waals surface area contributed by atoms with Crippen LogP contribution in [0.5, 0.6) is 0 Å². The Labute approximate surface area is 298 Å². The molecule has 0 aliphatic rings. The second-order valence-corrected chi connectivity index (χ2v) is 13.3. The summed E-state index contributed by atoms with van der Waals surface area (Å²) in [6, 6.07) is 62.0.